The first-order valence-corrected chi connectivity index (χ1v) is 3.04. The molecule has 1 rings (SSSR count). The third-order valence-corrected chi connectivity index (χ3v) is 1.27. The number of hydrogen-bond donors (Lipinski definition) is 1. The van der Waals surface area contributed by atoms with Gasteiger partial charge in [0.2, 0.25) is 0 Å². The van der Waals surface area contributed by atoms with Gasteiger partial charge in [0.05, 0.1) is 0 Å². The largest absolute Gasteiger partial charge is 0.175 e. The summed E-state index contributed by atoms with van der Waals surface area (Å²) in [6.07, 6.45) is 0. The molecule has 40 valence electrons. The van der Waals surface area contributed by atoms with Crippen molar-refractivity contribution in [3.05, 3.63) is 35.9 Å². The lowest BCUT2D eigenvalue weighted by Gasteiger charge is -1.85. The molecule has 0 amide bonds. The molecule has 0 aliphatic rings. The molecule has 0 saturated heterocycles. The molecule has 0 aliphatic carbocycles. The Morgan fingerprint density at radius 3 is 2.75 bits per heavy atom. The summed E-state index contributed by atoms with van der Waals surface area (Å²) in [5, 5.41) is 0. The highest BCUT2D eigenvalue weighted by molar-refractivity contribution is 7.79. The molecule has 0 saturated carbocycles. The number of hydrogen-bond acceptors (Lipinski definition) is 1. The molecule has 0 bridgehead atoms. The highest BCUT2D eigenvalue weighted by atomic mass is 32.1. The van der Waals surface area contributed by atoms with Crippen LogP contribution in [0.5, 0.6) is 0 Å². The Morgan fingerprint density at radius 1 is 1.50 bits per heavy atom. The minimum Gasteiger partial charge on any atom is -0.175 e. The fraction of sp³-hybridized carbons (Fsp3) is 0.143. The quantitative estimate of drug-likeness (QED) is 0.539. The van der Waals surface area contributed by atoms with Crippen LogP contribution in [0.2, 0.25) is 0 Å². The minimum atomic E-state index is 0.783. The van der Waals surface area contributed by atoms with Crippen LogP contribution in [0.25, 0.3) is 0 Å². The van der Waals surface area contributed by atoms with Gasteiger partial charge in [-0.05, 0) is 23.8 Å². The van der Waals surface area contributed by atoms with Crippen molar-refractivity contribution in [2.45, 2.75) is 5.75 Å². The van der Waals surface area contributed by atoms with Crippen molar-refractivity contribution < 1.29 is 0 Å². The van der Waals surface area contributed by atoms with Crippen LogP contribution in [0.1, 0.15) is 5.56 Å². The summed E-state index contributed by atoms with van der Waals surface area (Å²) in [6.45, 7) is 0. The number of rotatable bonds is 1. The van der Waals surface area contributed by atoms with Gasteiger partial charge in [0.1, 0.15) is 0 Å². The van der Waals surface area contributed by atoms with E-state index < -0.39 is 0 Å². The van der Waals surface area contributed by atoms with E-state index in [0.717, 1.165) is 5.75 Å². The van der Waals surface area contributed by atoms with Gasteiger partial charge in [0, 0.05) is 5.75 Å². The maximum atomic E-state index is 4.08. The van der Waals surface area contributed by atoms with Gasteiger partial charge in [-0.2, -0.15) is 12.6 Å². The first-order chi connectivity index (χ1) is 3.93. The topological polar surface area (TPSA) is 0 Å². The van der Waals surface area contributed by atoms with Crippen molar-refractivity contribution in [1.29, 1.82) is 0 Å². The molecule has 0 N–H and O–H groups in total. The zero-order valence-corrected chi connectivity index (χ0v) is 5.28. The summed E-state index contributed by atoms with van der Waals surface area (Å²) in [6, 6.07) is 11.3. The molecular weight excluding hydrogens is 116 g/mol. The van der Waals surface area contributed by atoms with Crippen LogP contribution in [0.4, 0.5) is 0 Å². The van der Waals surface area contributed by atoms with Crippen molar-refractivity contribution in [3.63, 3.8) is 0 Å². The van der Waals surface area contributed by atoms with Gasteiger partial charge in [0.15, 0.2) is 0 Å². The van der Waals surface area contributed by atoms with E-state index in [0.29, 0.717) is 0 Å². The van der Waals surface area contributed by atoms with E-state index in [1.54, 1.807) is 0 Å². The SMILES string of the molecule is SCc1cc#ccc1. The zero-order chi connectivity index (χ0) is 5.82. The molecular formula is C7H6S. The van der Waals surface area contributed by atoms with E-state index in [1.807, 2.05) is 18.2 Å². The number of thiol groups is 1. The van der Waals surface area contributed by atoms with E-state index in [-0.39, 0.29) is 0 Å². The molecule has 1 heteroatoms. The summed E-state index contributed by atoms with van der Waals surface area (Å²) in [4.78, 5) is 0. The Labute approximate surface area is 55.0 Å². The van der Waals surface area contributed by atoms with E-state index >= 15 is 0 Å². The second kappa shape index (κ2) is 2.64. The summed E-state index contributed by atoms with van der Waals surface area (Å²) in [7, 11) is 0. The Morgan fingerprint density at radius 2 is 2.38 bits per heavy atom. The summed E-state index contributed by atoms with van der Waals surface area (Å²) < 4.78 is 0. The molecule has 0 unspecified atom stereocenters. The van der Waals surface area contributed by atoms with Gasteiger partial charge in [-0.15, -0.1) is 0 Å². The van der Waals surface area contributed by atoms with Crippen molar-refractivity contribution in [2.75, 3.05) is 0 Å². The van der Waals surface area contributed by atoms with Crippen LogP contribution in [0.15, 0.2) is 18.2 Å². The van der Waals surface area contributed by atoms with E-state index in [9.17, 15) is 0 Å². The Balaban J connectivity index is 2.83. The van der Waals surface area contributed by atoms with Gasteiger partial charge in [0.25, 0.3) is 0 Å². The molecule has 0 aliphatic heterocycles. The third-order valence-electron chi connectivity index (χ3n) is 0.904. The third kappa shape index (κ3) is 1.18. The normalized spacial score (nSPS) is 8.12. The smallest absolute Gasteiger partial charge is 0.0160 e. The van der Waals surface area contributed by atoms with Crippen molar-refractivity contribution >= 4 is 12.6 Å². The first-order valence-electron chi connectivity index (χ1n) is 2.41. The maximum absolute atomic E-state index is 4.08. The van der Waals surface area contributed by atoms with Gasteiger partial charge < -0.3 is 0 Å². The Bertz CT molecular complexity index is 146. The van der Waals surface area contributed by atoms with Gasteiger partial charge >= 0.3 is 0 Å². The van der Waals surface area contributed by atoms with Crippen LogP contribution >= 0.6 is 12.6 Å². The molecule has 0 radical (unpaired) electrons. The average Bonchev–Trinajstić information content (AvgIpc) is 1.90. The van der Waals surface area contributed by atoms with E-state index in [2.05, 4.69) is 24.8 Å². The summed E-state index contributed by atoms with van der Waals surface area (Å²) >= 11 is 4.08. The predicted molar refractivity (Wildman–Crippen MR) is 36.8 cm³/mol. The van der Waals surface area contributed by atoms with E-state index in [1.165, 1.54) is 5.56 Å². The van der Waals surface area contributed by atoms with Crippen LogP contribution in [0.3, 0.4) is 0 Å². The highest BCUT2D eigenvalue weighted by Crippen LogP contribution is 1.97. The van der Waals surface area contributed by atoms with Gasteiger partial charge in [-0.1, -0.05) is 12.1 Å². The highest BCUT2D eigenvalue weighted by Gasteiger charge is 1.79. The lowest BCUT2D eigenvalue weighted by Crippen LogP contribution is -1.69. The van der Waals surface area contributed by atoms with Gasteiger partial charge in [-0.25, -0.2) is 0 Å². The van der Waals surface area contributed by atoms with Crippen molar-refractivity contribution in [2.24, 2.45) is 0 Å². The lowest BCUT2D eigenvalue weighted by atomic mass is 10.3. The molecule has 8 heavy (non-hydrogen) atoms. The van der Waals surface area contributed by atoms with Crippen molar-refractivity contribution in [3.8, 4) is 0 Å². The van der Waals surface area contributed by atoms with Crippen LogP contribution in [0, 0.1) is 12.1 Å². The summed E-state index contributed by atoms with van der Waals surface area (Å²) in [5.74, 6) is 0.783. The molecule has 0 spiro atoms. The zero-order valence-electron chi connectivity index (χ0n) is 4.39. The summed E-state index contributed by atoms with van der Waals surface area (Å²) in [5.41, 5.74) is 1.19. The molecule has 0 nitrogen and oxygen atoms in total. The van der Waals surface area contributed by atoms with Gasteiger partial charge in [-0.3, -0.25) is 0 Å². The second-order valence-corrected chi connectivity index (χ2v) is 1.82. The lowest BCUT2D eigenvalue weighted by molar-refractivity contribution is 1.44. The average molecular weight is 122 g/mol. The molecule has 0 heterocycles. The predicted octanol–water partition coefficient (Wildman–Crippen LogP) is 1.72. The Kier molecular flexibility index (Phi) is 1.82. The molecule has 0 atom stereocenters. The molecule has 0 aromatic heterocycles. The fourth-order valence-electron chi connectivity index (χ4n) is 0.478. The fourth-order valence-corrected chi connectivity index (χ4v) is 0.674. The minimum absolute atomic E-state index is 0.783. The van der Waals surface area contributed by atoms with Crippen LogP contribution in [-0.2, 0) is 5.75 Å². The molecule has 1 aromatic rings. The van der Waals surface area contributed by atoms with E-state index in [4.69, 9.17) is 0 Å². The second-order valence-electron chi connectivity index (χ2n) is 1.50. The standard InChI is InChI=1S/C7H6S/c8-6-7-4-2-1-3-5-7/h2,4-5,8H,6H2. The van der Waals surface area contributed by atoms with Crippen molar-refractivity contribution in [1.82, 2.24) is 0 Å². The molecule has 1 aromatic carbocycles. The Hall–Kier alpha value is -0.610. The monoisotopic (exact) mass is 122 g/mol. The van der Waals surface area contributed by atoms with Crippen LogP contribution in [-0.4, -0.2) is 0 Å². The maximum Gasteiger partial charge on any atom is 0.0160 e. The molecule has 0 fully saturated rings. The first kappa shape index (κ1) is 5.53. The van der Waals surface area contributed by atoms with Crippen LogP contribution < -0.4 is 0 Å².